The summed E-state index contributed by atoms with van der Waals surface area (Å²) in [5.41, 5.74) is 1.78. The van der Waals surface area contributed by atoms with Crippen molar-refractivity contribution >= 4 is 23.3 Å². The van der Waals surface area contributed by atoms with Gasteiger partial charge in [0, 0.05) is 11.4 Å². The molecule has 3 aromatic rings. The minimum absolute atomic E-state index is 0.484. The van der Waals surface area contributed by atoms with E-state index >= 15 is 0 Å². The van der Waals surface area contributed by atoms with Gasteiger partial charge >= 0.3 is 0 Å². The second-order valence-electron chi connectivity index (χ2n) is 5.17. The van der Waals surface area contributed by atoms with E-state index in [0.717, 1.165) is 22.9 Å². The summed E-state index contributed by atoms with van der Waals surface area (Å²) in [6.45, 7) is 5.21. The van der Waals surface area contributed by atoms with Crippen LogP contribution in [0.2, 0.25) is 0 Å². The lowest BCUT2D eigenvalue weighted by atomic mass is 10.3. The van der Waals surface area contributed by atoms with Crippen molar-refractivity contribution in [1.82, 2.24) is 15.2 Å². The Morgan fingerprint density at radius 1 is 0.800 bits per heavy atom. The highest BCUT2D eigenvalue weighted by Gasteiger charge is 2.04. The van der Waals surface area contributed by atoms with Crippen LogP contribution < -0.4 is 20.1 Å². The van der Waals surface area contributed by atoms with E-state index in [9.17, 15) is 0 Å². The fraction of sp³-hybridized carbons (Fsp3) is 0.222. The van der Waals surface area contributed by atoms with E-state index in [1.165, 1.54) is 0 Å². The molecule has 3 rings (SSSR count). The predicted molar refractivity (Wildman–Crippen MR) is 98.2 cm³/mol. The molecule has 0 aliphatic carbocycles. The third kappa shape index (κ3) is 4.63. The molecule has 25 heavy (non-hydrogen) atoms. The van der Waals surface area contributed by atoms with E-state index in [0.29, 0.717) is 25.1 Å². The monoisotopic (exact) mass is 339 g/mol. The Hall–Kier alpha value is -3.22. The first-order chi connectivity index (χ1) is 12.3. The van der Waals surface area contributed by atoms with Crippen molar-refractivity contribution in [1.29, 1.82) is 0 Å². The minimum Gasteiger partial charge on any atom is -0.494 e. The second-order valence-corrected chi connectivity index (χ2v) is 5.17. The van der Waals surface area contributed by atoms with Crippen LogP contribution in [0, 0.1) is 0 Å². The van der Waals surface area contributed by atoms with Crippen molar-refractivity contribution in [2.75, 3.05) is 23.8 Å². The number of aromatic amines is 1. The first kappa shape index (κ1) is 16.6. The molecule has 0 aliphatic heterocycles. The number of nitrogens with zero attached hydrogens (tertiary/aromatic N) is 2. The average Bonchev–Trinajstić information content (AvgIpc) is 3.06. The van der Waals surface area contributed by atoms with Gasteiger partial charge in [-0.3, -0.25) is 0 Å². The van der Waals surface area contributed by atoms with E-state index in [2.05, 4.69) is 25.8 Å². The Kier molecular flexibility index (Phi) is 5.36. The van der Waals surface area contributed by atoms with Crippen molar-refractivity contribution in [3.05, 3.63) is 48.5 Å². The van der Waals surface area contributed by atoms with Crippen LogP contribution >= 0.6 is 0 Å². The summed E-state index contributed by atoms with van der Waals surface area (Å²) < 4.78 is 10.8. The first-order valence-electron chi connectivity index (χ1n) is 8.19. The number of nitrogens with one attached hydrogen (secondary N) is 3. The molecule has 0 saturated heterocycles. The van der Waals surface area contributed by atoms with Crippen LogP contribution in [0.15, 0.2) is 48.5 Å². The number of H-pyrrole nitrogens is 1. The van der Waals surface area contributed by atoms with Gasteiger partial charge in [-0.15, -0.1) is 5.10 Å². The molecule has 3 N–H and O–H groups in total. The largest absolute Gasteiger partial charge is 0.494 e. The Bertz CT molecular complexity index is 718. The zero-order valence-corrected chi connectivity index (χ0v) is 14.2. The van der Waals surface area contributed by atoms with Gasteiger partial charge in [0.15, 0.2) is 0 Å². The maximum Gasteiger partial charge on any atom is 0.248 e. The highest BCUT2D eigenvalue weighted by atomic mass is 16.5. The summed E-state index contributed by atoms with van der Waals surface area (Å²) in [6, 6.07) is 15.3. The molecule has 0 fully saturated rings. The lowest BCUT2D eigenvalue weighted by Gasteiger charge is -2.05. The summed E-state index contributed by atoms with van der Waals surface area (Å²) in [5, 5.41) is 13.3. The first-order valence-corrected chi connectivity index (χ1v) is 8.19. The van der Waals surface area contributed by atoms with E-state index < -0.39 is 0 Å². The number of anilines is 4. The number of hydrogen-bond donors (Lipinski definition) is 3. The molecule has 1 aromatic heterocycles. The zero-order chi connectivity index (χ0) is 17.5. The molecular weight excluding hydrogens is 318 g/mol. The van der Waals surface area contributed by atoms with Crippen molar-refractivity contribution < 1.29 is 9.47 Å². The van der Waals surface area contributed by atoms with Crippen LogP contribution in [0.1, 0.15) is 13.8 Å². The van der Waals surface area contributed by atoms with Crippen LogP contribution in [0.4, 0.5) is 23.3 Å². The van der Waals surface area contributed by atoms with Crippen LogP contribution in [0.5, 0.6) is 11.5 Å². The number of benzene rings is 2. The van der Waals surface area contributed by atoms with Crippen LogP contribution in [-0.4, -0.2) is 28.4 Å². The molecule has 0 bridgehead atoms. The lowest BCUT2D eigenvalue weighted by Crippen LogP contribution is -1.95. The molecule has 0 radical (unpaired) electrons. The predicted octanol–water partition coefficient (Wildman–Crippen LogP) is 4.09. The van der Waals surface area contributed by atoms with E-state index in [4.69, 9.17) is 9.47 Å². The van der Waals surface area contributed by atoms with Gasteiger partial charge in [-0.2, -0.15) is 4.98 Å². The summed E-state index contributed by atoms with van der Waals surface area (Å²) in [7, 11) is 0. The third-order valence-electron chi connectivity index (χ3n) is 3.33. The molecule has 2 aromatic carbocycles. The second kappa shape index (κ2) is 8.05. The van der Waals surface area contributed by atoms with Crippen molar-refractivity contribution in [3.63, 3.8) is 0 Å². The summed E-state index contributed by atoms with van der Waals surface area (Å²) >= 11 is 0. The van der Waals surface area contributed by atoms with Crippen LogP contribution in [0.25, 0.3) is 0 Å². The molecule has 7 nitrogen and oxygen atoms in total. The van der Waals surface area contributed by atoms with Gasteiger partial charge in [0.05, 0.1) is 13.2 Å². The topological polar surface area (TPSA) is 84.1 Å². The normalized spacial score (nSPS) is 10.3. The van der Waals surface area contributed by atoms with Gasteiger partial charge in [-0.05, 0) is 62.4 Å². The Morgan fingerprint density at radius 3 is 1.84 bits per heavy atom. The Balaban J connectivity index is 1.60. The maximum absolute atomic E-state index is 5.42. The molecule has 0 atom stereocenters. The van der Waals surface area contributed by atoms with Crippen LogP contribution in [-0.2, 0) is 0 Å². The number of hydrogen-bond acceptors (Lipinski definition) is 6. The van der Waals surface area contributed by atoms with E-state index in [1.807, 2.05) is 62.4 Å². The molecule has 0 aliphatic rings. The van der Waals surface area contributed by atoms with Crippen molar-refractivity contribution in [2.24, 2.45) is 0 Å². The van der Waals surface area contributed by atoms with Gasteiger partial charge in [-0.1, -0.05) is 0 Å². The molecule has 0 spiro atoms. The lowest BCUT2D eigenvalue weighted by molar-refractivity contribution is 0.340. The standard InChI is InChI=1S/C18H21N5O2/c1-3-24-15-9-5-13(6-10-15)19-17-21-18(23-22-17)20-14-7-11-16(12-8-14)25-4-2/h5-12H,3-4H2,1-2H3,(H3,19,20,21,22,23). The maximum atomic E-state index is 5.42. The van der Waals surface area contributed by atoms with Gasteiger partial charge in [0.1, 0.15) is 11.5 Å². The molecule has 7 heteroatoms. The Labute approximate surface area is 146 Å². The van der Waals surface area contributed by atoms with Gasteiger partial charge < -0.3 is 20.1 Å². The summed E-state index contributed by atoms with van der Waals surface area (Å²) in [6.07, 6.45) is 0. The number of aromatic nitrogens is 3. The molecular formula is C18H21N5O2. The van der Waals surface area contributed by atoms with Gasteiger partial charge in [0.2, 0.25) is 11.9 Å². The Morgan fingerprint density at radius 2 is 1.32 bits per heavy atom. The summed E-state index contributed by atoms with van der Waals surface area (Å²) in [5.74, 6) is 2.71. The summed E-state index contributed by atoms with van der Waals surface area (Å²) in [4.78, 5) is 4.37. The molecule has 1 heterocycles. The fourth-order valence-corrected chi connectivity index (χ4v) is 2.24. The van der Waals surface area contributed by atoms with Gasteiger partial charge in [0.25, 0.3) is 0 Å². The van der Waals surface area contributed by atoms with Crippen LogP contribution in [0.3, 0.4) is 0 Å². The van der Waals surface area contributed by atoms with E-state index in [1.54, 1.807) is 0 Å². The average molecular weight is 339 g/mol. The molecule has 0 saturated carbocycles. The zero-order valence-electron chi connectivity index (χ0n) is 14.2. The highest BCUT2D eigenvalue weighted by molar-refractivity contribution is 5.58. The quantitative estimate of drug-likeness (QED) is 0.573. The molecule has 0 unspecified atom stereocenters. The molecule has 0 amide bonds. The number of rotatable bonds is 8. The minimum atomic E-state index is 0.484. The van der Waals surface area contributed by atoms with Gasteiger partial charge in [-0.25, -0.2) is 5.10 Å². The third-order valence-corrected chi connectivity index (χ3v) is 3.33. The van der Waals surface area contributed by atoms with E-state index in [-0.39, 0.29) is 0 Å². The van der Waals surface area contributed by atoms with Crippen molar-refractivity contribution in [3.8, 4) is 11.5 Å². The fourth-order valence-electron chi connectivity index (χ4n) is 2.24. The molecule has 130 valence electrons. The highest BCUT2D eigenvalue weighted by Crippen LogP contribution is 2.21. The SMILES string of the molecule is CCOc1ccc(Nc2n[nH]c(Nc3ccc(OCC)cc3)n2)cc1. The van der Waals surface area contributed by atoms with Crippen molar-refractivity contribution in [2.45, 2.75) is 13.8 Å². The smallest absolute Gasteiger partial charge is 0.248 e. The number of ether oxygens (including phenoxy) is 2.